The number of hydrogen-bond donors (Lipinski definition) is 1. The Bertz CT molecular complexity index is 467. The van der Waals surface area contributed by atoms with Crippen LogP contribution in [0.2, 0.25) is 0 Å². The third-order valence-corrected chi connectivity index (χ3v) is 4.99. The Hall–Kier alpha value is -1.40. The van der Waals surface area contributed by atoms with Gasteiger partial charge < -0.3 is 14.9 Å². The van der Waals surface area contributed by atoms with Crippen LogP contribution in [0.5, 0.6) is 0 Å². The molecule has 0 aliphatic carbocycles. The molecule has 1 atom stereocenters. The van der Waals surface area contributed by atoms with Crippen LogP contribution in [0.3, 0.4) is 0 Å². The molecule has 1 aliphatic heterocycles. The number of aliphatic carboxylic acids is 1. The van der Waals surface area contributed by atoms with Crippen LogP contribution in [0.1, 0.15) is 30.6 Å². The maximum atomic E-state index is 12.4. The number of carbonyl (C=O) groups is 2. The van der Waals surface area contributed by atoms with Gasteiger partial charge in [0.1, 0.15) is 0 Å². The summed E-state index contributed by atoms with van der Waals surface area (Å²) in [6.07, 6.45) is 0.306. The lowest BCUT2D eigenvalue weighted by Crippen LogP contribution is -2.48. The van der Waals surface area contributed by atoms with Gasteiger partial charge in [0, 0.05) is 43.4 Å². The number of amides is 1. The second-order valence-electron chi connectivity index (χ2n) is 5.33. The SMILES string of the molecule is CCN1CCN(C(=O)CC(CC(=O)O)c2cccs2)CC1. The third kappa shape index (κ3) is 4.54. The van der Waals surface area contributed by atoms with E-state index in [0.29, 0.717) is 6.42 Å². The zero-order valence-electron chi connectivity index (χ0n) is 12.3. The van der Waals surface area contributed by atoms with Crippen molar-refractivity contribution in [3.8, 4) is 0 Å². The van der Waals surface area contributed by atoms with Crippen molar-refractivity contribution in [3.63, 3.8) is 0 Å². The summed E-state index contributed by atoms with van der Waals surface area (Å²) < 4.78 is 0. The molecule has 2 rings (SSSR count). The Kier molecular flexibility index (Phi) is 5.76. The molecule has 0 aromatic carbocycles. The van der Waals surface area contributed by atoms with Crippen molar-refractivity contribution in [1.82, 2.24) is 9.80 Å². The lowest BCUT2D eigenvalue weighted by Gasteiger charge is -2.34. The molecule has 2 heterocycles. The van der Waals surface area contributed by atoms with E-state index in [1.54, 1.807) is 0 Å². The molecule has 1 fully saturated rings. The van der Waals surface area contributed by atoms with E-state index in [1.807, 2.05) is 22.4 Å². The van der Waals surface area contributed by atoms with Crippen molar-refractivity contribution in [3.05, 3.63) is 22.4 Å². The largest absolute Gasteiger partial charge is 0.481 e. The van der Waals surface area contributed by atoms with Crippen LogP contribution in [0, 0.1) is 0 Å². The topological polar surface area (TPSA) is 60.9 Å². The van der Waals surface area contributed by atoms with Crippen molar-refractivity contribution < 1.29 is 14.7 Å². The van der Waals surface area contributed by atoms with Gasteiger partial charge in [-0.15, -0.1) is 11.3 Å². The van der Waals surface area contributed by atoms with Gasteiger partial charge in [0.2, 0.25) is 5.91 Å². The highest BCUT2D eigenvalue weighted by atomic mass is 32.1. The van der Waals surface area contributed by atoms with Gasteiger partial charge in [0.05, 0.1) is 6.42 Å². The number of piperazine rings is 1. The second kappa shape index (κ2) is 7.56. The predicted molar refractivity (Wildman–Crippen MR) is 82.6 cm³/mol. The fourth-order valence-corrected chi connectivity index (χ4v) is 3.49. The van der Waals surface area contributed by atoms with E-state index in [1.165, 1.54) is 11.3 Å². The Morgan fingerprint density at radius 1 is 1.29 bits per heavy atom. The Labute approximate surface area is 129 Å². The van der Waals surface area contributed by atoms with Gasteiger partial charge in [0.15, 0.2) is 0 Å². The number of hydrogen-bond acceptors (Lipinski definition) is 4. The Balaban J connectivity index is 1.94. The standard InChI is InChI=1S/C15H22N2O3S/c1-2-16-5-7-17(8-6-16)14(18)10-12(11-15(19)20)13-4-3-9-21-13/h3-4,9,12H,2,5-8,10-11H2,1H3,(H,19,20). The predicted octanol–water partition coefficient (Wildman–Crippen LogP) is 1.86. The van der Waals surface area contributed by atoms with E-state index in [0.717, 1.165) is 37.6 Å². The van der Waals surface area contributed by atoms with E-state index >= 15 is 0 Å². The van der Waals surface area contributed by atoms with E-state index in [2.05, 4.69) is 11.8 Å². The minimum absolute atomic E-state index is 0.0151. The summed E-state index contributed by atoms with van der Waals surface area (Å²) in [7, 11) is 0. The highest BCUT2D eigenvalue weighted by Gasteiger charge is 2.25. The summed E-state index contributed by atoms with van der Waals surface area (Å²) in [6, 6.07) is 3.82. The Morgan fingerprint density at radius 3 is 2.52 bits per heavy atom. The van der Waals surface area contributed by atoms with Gasteiger partial charge in [-0.05, 0) is 18.0 Å². The molecule has 1 aliphatic rings. The second-order valence-corrected chi connectivity index (χ2v) is 6.31. The third-order valence-electron chi connectivity index (χ3n) is 3.96. The summed E-state index contributed by atoms with van der Waals surface area (Å²) in [6.45, 7) is 6.44. The molecular weight excluding hydrogens is 288 g/mol. The summed E-state index contributed by atoms with van der Waals surface area (Å²) in [4.78, 5) is 28.6. The summed E-state index contributed by atoms with van der Waals surface area (Å²) in [5, 5.41) is 11.0. The quantitative estimate of drug-likeness (QED) is 0.871. The van der Waals surface area contributed by atoms with Crippen LogP contribution >= 0.6 is 11.3 Å². The highest BCUT2D eigenvalue weighted by molar-refractivity contribution is 7.10. The minimum atomic E-state index is -0.850. The molecule has 5 nitrogen and oxygen atoms in total. The number of rotatable bonds is 6. The average Bonchev–Trinajstić information content (AvgIpc) is 3.00. The molecule has 0 saturated carbocycles. The number of carboxylic acid groups (broad SMARTS) is 1. The molecule has 116 valence electrons. The molecule has 1 N–H and O–H groups in total. The molecule has 21 heavy (non-hydrogen) atoms. The zero-order valence-corrected chi connectivity index (χ0v) is 13.1. The molecule has 1 unspecified atom stereocenters. The van der Waals surface area contributed by atoms with Gasteiger partial charge in [-0.1, -0.05) is 13.0 Å². The van der Waals surface area contributed by atoms with Crippen LogP contribution in [-0.4, -0.2) is 59.5 Å². The van der Waals surface area contributed by atoms with Crippen LogP contribution < -0.4 is 0 Å². The first-order valence-corrected chi connectivity index (χ1v) is 8.23. The number of nitrogens with zero attached hydrogens (tertiary/aromatic N) is 2. The first-order valence-electron chi connectivity index (χ1n) is 7.35. The molecule has 1 aromatic rings. The van der Waals surface area contributed by atoms with Crippen LogP contribution in [0.25, 0.3) is 0 Å². The van der Waals surface area contributed by atoms with Crippen LogP contribution in [0.4, 0.5) is 0 Å². The number of thiophene rings is 1. The fraction of sp³-hybridized carbons (Fsp3) is 0.600. The van der Waals surface area contributed by atoms with E-state index in [4.69, 9.17) is 5.11 Å². The number of carbonyl (C=O) groups excluding carboxylic acids is 1. The number of carboxylic acids is 1. The smallest absolute Gasteiger partial charge is 0.304 e. The lowest BCUT2D eigenvalue weighted by atomic mass is 9.98. The average molecular weight is 310 g/mol. The van der Waals surface area contributed by atoms with Crippen LogP contribution in [0.15, 0.2) is 17.5 Å². The van der Waals surface area contributed by atoms with E-state index in [9.17, 15) is 9.59 Å². The van der Waals surface area contributed by atoms with Crippen molar-refractivity contribution >= 4 is 23.2 Å². The Morgan fingerprint density at radius 2 is 2.00 bits per heavy atom. The molecule has 1 amide bonds. The normalized spacial score (nSPS) is 17.7. The molecule has 0 bridgehead atoms. The molecule has 6 heteroatoms. The zero-order chi connectivity index (χ0) is 15.2. The van der Waals surface area contributed by atoms with Gasteiger partial charge in [-0.25, -0.2) is 0 Å². The van der Waals surface area contributed by atoms with E-state index < -0.39 is 5.97 Å². The van der Waals surface area contributed by atoms with Crippen molar-refractivity contribution in [2.75, 3.05) is 32.7 Å². The molecule has 0 radical (unpaired) electrons. The van der Waals surface area contributed by atoms with Gasteiger partial charge in [-0.3, -0.25) is 9.59 Å². The molecule has 1 saturated heterocycles. The summed E-state index contributed by atoms with van der Waals surface area (Å²) in [5.41, 5.74) is 0. The van der Waals surface area contributed by atoms with Crippen LogP contribution in [-0.2, 0) is 9.59 Å². The van der Waals surface area contributed by atoms with Crippen molar-refractivity contribution in [2.45, 2.75) is 25.7 Å². The van der Waals surface area contributed by atoms with Gasteiger partial charge in [0.25, 0.3) is 0 Å². The summed E-state index contributed by atoms with van der Waals surface area (Å²) >= 11 is 1.52. The monoisotopic (exact) mass is 310 g/mol. The molecular formula is C15H22N2O3S. The minimum Gasteiger partial charge on any atom is -0.481 e. The number of likely N-dealkylation sites (N-methyl/N-ethyl adjacent to an activating group) is 1. The molecule has 1 aromatic heterocycles. The van der Waals surface area contributed by atoms with Gasteiger partial charge >= 0.3 is 5.97 Å². The maximum absolute atomic E-state index is 12.4. The van der Waals surface area contributed by atoms with Gasteiger partial charge in [-0.2, -0.15) is 0 Å². The first-order chi connectivity index (χ1) is 10.1. The first kappa shape index (κ1) is 16.0. The fourth-order valence-electron chi connectivity index (χ4n) is 2.66. The van der Waals surface area contributed by atoms with E-state index in [-0.39, 0.29) is 18.2 Å². The van der Waals surface area contributed by atoms with Crippen molar-refractivity contribution in [2.24, 2.45) is 0 Å². The molecule has 0 spiro atoms. The highest BCUT2D eigenvalue weighted by Crippen LogP contribution is 2.28. The summed E-state index contributed by atoms with van der Waals surface area (Å²) in [5.74, 6) is -0.985. The lowest BCUT2D eigenvalue weighted by molar-refractivity contribution is -0.138. The maximum Gasteiger partial charge on any atom is 0.304 e. The van der Waals surface area contributed by atoms with Crippen molar-refractivity contribution in [1.29, 1.82) is 0 Å².